The summed E-state index contributed by atoms with van der Waals surface area (Å²) in [5.74, 6) is 0. The molecule has 9 aromatic rings. The van der Waals surface area contributed by atoms with Crippen molar-refractivity contribution < 1.29 is 0 Å². The minimum absolute atomic E-state index is 0.141. The highest BCUT2D eigenvalue weighted by Crippen LogP contribution is 2.49. The van der Waals surface area contributed by atoms with Crippen LogP contribution in [-0.2, 0) is 17.3 Å². The van der Waals surface area contributed by atoms with Crippen molar-refractivity contribution >= 4 is 49.7 Å². The number of allylic oxidation sites excluding steroid dienone is 1. The molecule has 0 aliphatic heterocycles. The molecular weight excluding hydrogens is 677 g/mol. The van der Waals surface area contributed by atoms with Gasteiger partial charge in [0.15, 0.2) is 0 Å². The Balaban J connectivity index is 1.08. The maximum atomic E-state index is 2.50. The third-order valence-electron chi connectivity index (χ3n) is 13.2. The number of hydrogen-bond acceptors (Lipinski definition) is 0. The maximum Gasteiger partial charge on any atom is 0.0544 e. The standard InChI is InChI=1S/C54H46N2/c1-53(2)31-32-54(3,4)52-42(18-12-19-46(52)53)36-21-26-40(27-22-36)56-49-29-25-38(34-45(49)51-41-16-9-8-13-35(41)23-30-50(51)56)37-24-28-48-44(33-37)43-17-10-11-20-47(43)55(48)39-14-6-5-7-15-39/h5-8,10-15,17-30,33-34H,9,16,31-32H2,1-4H3. The lowest BCUT2D eigenvalue weighted by atomic mass is 9.61. The molecule has 2 heteroatoms. The Morgan fingerprint density at radius 2 is 1.11 bits per heavy atom. The van der Waals surface area contributed by atoms with Gasteiger partial charge in [-0.3, -0.25) is 0 Å². The summed E-state index contributed by atoms with van der Waals surface area (Å²) in [5, 5.41) is 5.26. The molecule has 0 spiro atoms. The summed E-state index contributed by atoms with van der Waals surface area (Å²) in [7, 11) is 0. The minimum Gasteiger partial charge on any atom is -0.309 e. The van der Waals surface area contributed by atoms with Gasteiger partial charge in [0, 0.05) is 32.9 Å². The van der Waals surface area contributed by atoms with Crippen molar-refractivity contribution in [3.8, 4) is 33.6 Å². The average molecular weight is 723 g/mol. The predicted octanol–water partition coefficient (Wildman–Crippen LogP) is 14.5. The quantitative estimate of drug-likeness (QED) is 0.171. The number of aryl methyl sites for hydroxylation is 1. The lowest BCUT2D eigenvalue weighted by molar-refractivity contribution is 0.333. The second kappa shape index (κ2) is 12.2. The van der Waals surface area contributed by atoms with Crippen molar-refractivity contribution in [2.45, 2.75) is 64.2 Å². The van der Waals surface area contributed by atoms with E-state index in [0.29, 0.717) is 0 Å². The van der Waals surface area contributed by atoms with E-state index in [-0.39, 0.29) is 10.8 Å². The van der Waals surface area contributed by atoms with E-state index in [0.717, 1.165) is 12.8 Å². The average Bonchev–Trinajstić information content (AvgIpc) is 3.75. The van der Waals surface area contributed by atoms with Gasteiger partial charge in [0.2, 0.25) is 0 Å². The van der Waals surface area contributed by atoms with Crippen molar-refractivity contribution in [3.05, 3.63) is 174 Å². The van der Waals surface area contributed by atoms with Crippen LogP contribution in [0.25, 0.3) is 83.3 Å². The van der Waals surface area contributed by atoms with Crippen molar-refractivity contribution in [3.63, 3.8) is 0 Å². The topological polar surface area (TPSA) is 9.86 Å². The second-order valence-electron chi connectivity index (χ2n) is 17.5. The molecule has 0 unspecified atom stereocenters. The Hall–Kier alpha value is -6.12. The molecule has 2 heterocycles. The van der Waals surface area contributed by atoms with E-state index in [4.69, 9.17) is 0 Å². The van der Waals surface area contributed by atoms with Gasteiger partial charge in [-0.25, -0.2) is 0 Å². The first-order valence-corrected chi connectivity index (χ1v) is 20.4. The molecule has 2 aliphatic carbocycles. The number of benzene rings is 7. The van der Waals surface area contributed by atoms with E-state index in [1.165, 1.54) is 112 Å². The van der Waals surface area contributed by atoms with Crippen molar-refractivity contribution in [1.82, 2.24) is 9.13 Å². The molecule has 0 bridgehead atoms. The zero-order chi connectivity index (χ0) is 37.8. The summed E-state index contributed by atoms with van der Waals surface area (Å²) in [6.07, 6.45) is 9.20. The smallest absolute Gasteiger partial charge is 0.0544 e. The van der Waals surface area contributed by atoms with E-state index < -0.39 is 0 Å². The largest absolute Gasteiger partial charge is 0.309 e. The number of nitrogens with zero attached hydrogens (tertiary/aromatic N) is 2. The van der Waals surface area contributed by atoms with Crippen LogP contribution >= 0.6 is 0 Å². The monoisotopic (exact) mass is 722 g/mol. The Labute approximate surface area is 329 Å². The van der Waals surface area contributed by atoms with Crippen molar-refractivity contribution in [1.29, 1.82) is 0 Å². The molecule has 0 saturated heterocycles. The van der Waals surface area contributed by atoms with Gasteiger partial charge in [-0.15, -0.1) is 0 Å². The van der Waals surface area contributed by atoms with Crippen LogP contribution in [0, 0.1) is 0 Å². The van der Waals surface area contributed by atoms with Crippen LogP contribution in [0.15, 0.2) is 152 Å². The molecule has 0 N–H and O–H groups in total. The van der Waals surface area contributed by atoms with Crippen LogP contribution in [0.1, 0.15) is 69.2 Å². The number of fused-ring (bicyclic) bond motifs is 9. The molecule has 2 nitrogen and oxygen atoms in total. The number of para-hydroxylation sites is 2. The predicted molar refractivity (Wildman–Crippen MR) is 239 cm³/mol. The third kappa shape index (κ3) is 4.94. The van der Waals surface area contributed by atoms with Gasteiger partial charge in [0.05, 0.1) is 22.1 Å². The molecule has 56 heavy (non-hydrogen) atoms. The lowest BCUT2D eigenvalue weighted by Gasteiger charge is -2.43. The van der Waals surface area contributed by atoms with Crippen molar-refractivity contribution in [2.24, 2.45) is 0 Å². The second-order valence-corrected chi connectivity index (χ2v) is 17.5. The molecule has 0 amide bonds. The molecule has 0 saturated carbocycles. The molecular formula is C54H46N2. The van der Waals surface area contributed by atoms with E-state index in [1.807, 2.05) is 0 Å². The zero-order valence-electron chi connectivity index (χ0n) is 32.7. The molecule has 2 aliphatic rings. The molecule has 272 valence electrons. The van der Waals surface area contributed by atoms with Crippen LogP contribution in [0.5, 0.6) is 0 Å². The lowest BCUT2D eigenvalue weighted by Crippen LogP contribution is -2.34. The molecule has 11 rings (SSSR count). The molecule has 7 aromatic carbocycles. The Bertz CT molecular complexity index is 3060. The normalized spacial score (nSPS) is 15.8. The fraction of sp³-hybridized carbons (Fsp3) is 0.185. The van der Waals surface area contributed by atoms with E-state index >= 15 is 0 Å². The summed E-state index contributed by atoms with van der Waals surface area (Å²) in [4.78, 5) is 0. The Kier molecular flexibility index (Phi) is 7.23. The fourth-order valence-electron chi connectivity index (χ4n) is 10.3. The summed E-state index contributed by atoms with van der Waals surface area (Å²) in [6.45, 7) is 9.70. The first kappa shape index (κ1) is 33.2. The first-order valence-electron chi connectivity index (χ1n) is 20.4. The van der Waals surface area contributed by atoms with Gasteiger partial charge >= 0.3 is 0 Å². The fourth-order valence-corrected chi connectivity index (χ4v) is 10.3. The van der Waals surface area contributed by atoms with Gasteiger partial charge in [0.25, 0.3) is 0 Å². The van der Waals surface area contributed by atoms with Crippen LogP contribution in [-0.4, -0.2) is 9.13 Å². The van der Waals surface area contributed by atoms with Crippen LogP contribution < -0.4 is 0 Å². The SMILES string of the molecule is CC1(C)CCC(C)(C)c2c(-c3ccc(-n4c5ccc(-c6ccc7c(c6)c6ccccc6n7-c6ccccc6)cc5c5c6c(ccc54)C=CCC6)cc3)cccc21. The van der Waals surface area contributed by atoms with E-state index in [9.17, 15) is 0 Å². The molecule has 2 aromatic heterocycles. The first-order chi connectivity index (χ1) is 27.3. The number of hydrogen-bond donors (Lipinski definition) is 0. The highest BCUT2D eigenvalue weighted by molar-refractivity contribution is 6.14. The Morgan fingerprint density at radius 1 is 0.482 bits per heavy atom. The van der Waals surface area contributed by atoms with E-state index in [1.54, 1.807) is 0 Å². The van der Waals surface area contributed by atoms with Gasteiger partial charge in [0.1, 0.15) is 0 Å². The van der Waals surface area contributed by atoms with Crippen LogP contribution in [0.3, 0.4) is 0 Å². The maximum absolute atomic E-state index is 2.50. The Morgan fingerprint density at radius 3 is 1.91 bits per heavy atom. The van der Waals surface area contributed by atoms with E-state index in [2.05, 4.69) is 195 Å². The summed E-state index contributed by atoms with van der Waals surface area (Å²) >= 11 is 0. The summed E-state index contributed by atoms with van der Waals surface area (Å²) < 4.78 is 4.89. The van der Waals surface area contributed by atoms with Crippen LogP contribution in [0.4, 0.5) is 0 Å². The summed E-state index contributed by atoms with van der Waals surface area (Å²) in [5.41, 5.74) is 18.7. The molecule has 0 fully saturated rings. The third-order valence-corrected chi connectivity index (χ3v) is 13.2. The highest BCUT2D eigenvalue weighted by atomic mass is 15.0. The van der Waals surface area contributed by atoms with Gasteiger partial charge in [-0.2, -0.15) is 0 Å². The summed E-state index contributed by atoms with van der Waals surface area (Å²) in [6, 6.07) is 54.8. The number of rotatable bonds is 4. The molecule has 0 radical (unpaired) electrons. The van der Waals surface area contributed by atoms with Gasteiger partial charge in [-0.1, -0.05) is 125 Å². The minimum atomic E-state index is 0.141. The zero-order valence-corrected chi connectivity index (χ0v) is 32.7. The van der Waals surface area contributed by atoms with Gasteiger partial charge in [-0.05, 0) is 142 Å². The molecule has 0 atom stereocenters. The van der Waals surface area contributed by atoms with Gasteiger partial charge < -0.3 is 9.13 Å². The van der Waals surface area contributed by atoms with Crippen molar-refractivity contribution in [2.75, 3.05) is 0 Å². The highest BCUT2D eigenvalue weighted by Gasteiger charge is 2.38. The number of aromatic nitrogens is 2. The van der Waals surface area contributed by atoms with Crippen LogP contribution in [0.2, 0.25) is 0 Å².